The minimum Gasteiger partial charge on any atom is -0.457 e. The van der Waals surface area contributed by atoms with Crippen LogP contribution in [-0.2, 0) is 18.9 Å². The van der Waals surface area contributed by atoms with Crippen LogP contribution >= 0.6 is 12.0 Å². The number of ether oxygens (including phenoxy) is 1. The van der Waals surface area contributed by atoms with Crippen LogP contribution in [0.1, 0.15) is 44.9 Å². The molecule has 0 radical (unpaired) electrons. The molecule has 0 saturated heterocycles. The maximum Gasteiger partial charge on any atom is 0.415 e. The summed E-state index contributed by atoms with van der Waals surface area (Å²) in [6, 6.07) is 0. The Morgan fingerprint density at radius 2 is 1.72 bits per heavy atom. The van der Waals surface area contributed by atoms with Crippen LogP contribution in [0.25, 0.3) is 0 Å². The first-order valence-corrected chi connectivity index (χ1v) is 6.55. The first-order chi connectivity index (χ1) is 8.56. The molecule has 1 fully saturated rings. The van der Waals surface area contributed by atoms with Gasteiger partial charge in [-0.2, -0.15) is 8.78 Å². The third kappa shape index (κ3) is 5.47. The fourth-order valence-electron chi connectivity index (χ4n) is 1.85. The molecular weight excluding hydrogens is 270 g/mol. The molecule has 5 nitrogen and oxygen atoms in total. The molecule has 1 N–H and O–H groups in total. The summed E-state index contributed by atoms with van der Waals surface area (Å²) in [5.74, 6) is -1.67. The van der Waals surface area contributed by atoms with Crippen LogP contribution in [0.15, 0.2) is 0 Å². The van der Waals surface area contributed by atoms with Gasteiger partial charge in [0.05, 0.1) is 0 Å². The average molecular weight is 286 g/mol. The van der Waals surface area contributed by atoms with Gasteiger partial charge < -0.3 is 4.74 Å². The van der Waals surface area contributed by atoms with Crippen LogP contribution in [0.2, 0.25) is 0 Å². The molecular formula is C10H16F2O5S. The van der Waals surface area contributed by atoms with Gasteiger partial charge in [-0.3, -0.25) is 0 Å². The third-order valence-electron chi connectivity index (χ3n) is 2.73. The summed E-state index contributed by atoms with van der Waals surface area (Å²) in [5.41, 5.74) is 0. The predicted octanol–water partition coefficient (Wildman–Crippen LogP) is 3.30. The van der Waals surface area contributed by atoms with E-state index in [9.17, 15) is 13.6 Å². The van der Waals surface area contributed by atoms with E-state index in [4.69, 9.17) is 9.99 Å². The minimum absolute atomic E-state index is 0.473. The number of rotatable bonds is 5. The molecule has 1 rings (SSSR count). The molecule has 0 spiro atoms. The zero-order valence-corrected chi connectivity index (χ0v) is 10.6. The van der Waals surface area contributed by atoms with Gasteiger partial charge in [0, 0.05) is 0 Å². The Labute approximate surface area is 108 Å². The zero-order valence-electron chi connectivity index (χ0n) is 9.77. The maximum absolute atomic E-state index is 13.1. The van der Waals surface area contributed by atoms with Crippen molar-refractivity contribution in [3.8, 4) is 0 Å². The summed E-state index contributed by atoms with van der Waals surface area (Å²) in [6.45, 7) is 0. The van der Waals surface area contributed by atoms with Crippen LogP contribution in [0.3, 0.4) is 0 Å². The van der Waals surface area contributed by atoms with E-state index in [1.54, 1.807) is 0 Å². The fraction of sp³-hybridized carbons (Fsp3) is 0.900. The highest BCUT2D eigenvalue weighted by molar-refractivity contribution is 7.96. The fourth-order valence-corrected chi connectivity index (χ4v) is 2.08. The molecule has 0 aromatic carbocycles. The van der Waals surface area contributed by atoms with Gasteiger partial charge in [-0.25, -0.2) is 10.1 Å². The lowest BCUT2D eigenvalue weighted by Gasteiger charge is -2.22. The quantitative estimate of drug-likeness (QED) is 0.362. The normalized spacial score (nSPS) is 19.1. The number of alkyl halides is 2. The van der Waals surface area contributed by atoms with E-state index in [1.165, 1.54) is 0 Å². The Hall–Kier alpha value is -0.440. The Bertz CT molecular complexity index is 257. The molecule has 1 aliphatic rings. The highest BCUT2D eigenvalue weighted by Gasteiger charge is 2.45. The summed E-state index contributed by atoms with van der Waals surface area (Å²) in [7, 11) is 0. The molecule has 1 aliphatic carbocycles. The topological polar surface area (TPSA) is 65.0 Å². The first kappa shape index (κ1) is 15.6. The molecule has 0 atom stereocenters. The summed E-state index contributed by atoms with van der Waals surface area (Å²) < 4.78 is 34.6. The van der Waals surface area contributed by atoms with Crippen molar-refractivity contribution in [2.75, 3.05) is 0 Å². The second-order valence-electron chi connectivity index (χ2n) is 4.12. The molecule has 106 valence electrons. The highest BCUT2D eigenvalue weighted by atomic mass is 32.2. The van der Waals surface area contributed by atoms with Crippen molar-refractivity contribution in [2.45, 2.75) is 56.3 Å². The Balaban J connectivity index is 2.40. The smallest absolute Gasteiger partial charge is 0.415 e. The van der Waals surface area contributed by atoms with Gasteiger partial charge in [0.2, 0.25) is 0 Å². The van der Waals surface area contributed by atoms with E-state index in [-0.39, 0.29) is 0 Å². The average Bonchev–Trinajstić information content (AvgIpc) is 2.29. The van der Waals surface area contributed by atoms with Gasteiger partial charge in [-0.15, -0.1) is 4.33 Å². The highest BCUT2D eigenvalue weighted by Crippen LogP contribution is 2.32. The number of hydrogen-bond donors (Lipinski definition) is 1. The van der Waals surface area contributed by atoms with E-state index >= 15 is 0 Å². The standard InChI is InChI=1S/C10H16F2O5S/c11-10(12,18-17-16-14)9(13)15-8-6-4-2-1-3-5-7-8/h8,14H,1-7H2. The minimum atomic E-state index is -3.90. The van der Waals surface area contributed by atoms with Gasteiger partial charge in [0.1, 0.15) is 18.1 Å². The number of carbonyl (C=O) groups is 1. The van der Waals surface area contributed by atoms with Crippen molar-refractivity contribution in [3.63, 3.8) is 0 Å². The molecule has 18 heavy (non-hydrogen) atoms. The summed E-state index contributed by atoms with van der Waals surface area (Å²) in [5, 5.41) is 6.90. The lowest BCUT2D eigenvalue weighted by Crippen LogP contribution is -2.31. The summed E-state index contributed by atoms with van der Waals surface area (Å²) >= 11 is -0.595. The lowest BCUT2D eigenvalue weighted by atomic mass is 9.99. The number of carbonyl (C=O) groups excluding carboxylic acids is 1. The van der Waals surface area contributed by atoms with Crippen molar-refractivity contribution in [3.05, 3.63) is 0 Å². The van der Waals surface area contributed by atoms with Gasteiger partial charge in [0.15, 0.2) is 0 Å². The van der Waals surface area contributed by atoms with Crippen molar-refractivity contribution in [1.29, 1.82) is 0 Å². The van der Waals surface area contributed by atoms with Gasteiger partial charge in [-0.05, 0) is 25.7 Å². The monoisotopic (exact) mass is 286 g/mol. The zero-order chi connectivity index (χ0) is 13.4. The van der Waals surface area contributed by atoms with Crippen LogP contribution in [-0.4, -0.2) is 22.6 Å². The molecule has 0 amide bonds. The van der Waals surface area contributed by atoms with Crippen molar-refractivity contribution in [2.24, 2.45) is 0 Å². The molecule has 0 aromatic rings. The van der Waals surface area contributed by atoms with E-state index in [0.717, 1.165) is 32.1 Å². The molecule has 1 saturated carbocycles. The summed E-state index contributed by atoms with van der Waals surface area (Å²) in [6.07, 6.45) is 5.66. The first-order valence-electron chi connectivity index (χ1n) is 5.81. The van der Waals surface area contributed by atoms with Gasteiger partial charge in [0.25, 0.3) is 0 Å². The van der Waals surface area contributed by atoms with Crippen LogP contribution < -0.4 is 0 Å². The second-order valence-corrected chi connectivity index (χ2v) is 4.93. The SMILES string of the molecule is O=C(OC1CCCCCCC1)C(F)(F)SOOO. The molecule has 0 bridgehead atoms. The Morgan fingerprint density at radius 3 is 2.28 bits per heavy atom. The predicted molar refractivity (Wildman–Crippen MR) is 59.5 cm³/mol. The number of halogens is 2. The van der Waals surface area contributed by atoms with Gasteiger partial charge >= 0.3 is 11.2 Å². The molecule has 0 aliphatic heterocycles. The molecule has 0 heterocycles. The Morgan fingerprint density at radius 1 is 1.17 bits per heavy atom. The van der Waals surface area contributed by atoms with Crippen LogP contribution in [0, 0.1) is 0 Å². The van der Waals surface area contributed by atoms with Crippen LogP contribution in [0.4, 0.5) is 8.78 Å². The summed E-state index contributed by atoms with van der Waals surface area (Å²) in [4.78, 5) is 11.2. The molecule has 8 heteroatoms. The lowest BCUT2D eigenvalue weighted by molar-refractivity contribution is -0.433. The maximum atomic E-state index is 13.1. The van der Waals surface area contributed by atoms with Crippen LogP contribution in [0.5, 0.6) is 0 Å². The van der Waals surface area contributed by atoms with Crippen molar-refractivity contribution >= 4 is 18.0 Å². The molecule has 0 unspecified atom stereocenters. The third-order valence-corrected chi connectivity index (χ3v) is 3.24. The van der Waals surface area contributed by atoms with E-state index in [1.807, 2.05) is 0 Å². The van der Waals surface area contributed by atoms with Gasteiger partial charge in [-0.1, -0.05) is 24.3 Å². The van der Waals surface area contributed by atoms with E-state index < -0.39 is 29.4 Å². The second kappa shape index (κ2) is 7.88. The number of hydrogen-bond acceptors (Lipinski definition) is 6. The largest absolute Gasteiger partial charge is 0.457 e. The van der Waals surface area contributed by atoms with Crippen molar-refractivity contribution < 1.29 is 32.9 Å². The number of esters is 1. The van der Waals surface area contributed by atoms with Crippen molar-refractivity contribution in [1.82, 2.24) is 0 Å². The van der Waals surface area contributed by atoms with E-state index in [0.29, 0.717) is 12.8 Å². The molecule has 0 aromatic heterocycles. The Kier molecular flexibility index (Phi) is 6.83. The van der Waals surface area contributed by atoms with E-state index in [2.05, 4.69) is 9.37 Å².